The number of rotatable bonds is 3. The number of benzene rings is 2. The molecule has 2 aromatic rings. The van der Waals surface area contributed by atoms with Crippen molar-refractivity contribution in [2.75, 3.05) is 10.5 Å². The van der Waals surface area contributed by atoms with E-state index in [-0.39, 0.29) is 9.92 Å². The van der Waals surface area contributed by atoms with Crippen LogP contribution in [0.4, 0.5) is 11.4 Å². The third-order valence-corrected chi connectivity index (χ3v) is 5.45. The lowest BCUT2D eigenvalue weighted by Crippen LogP contribution is -2.14. The molecule has 0 heterocycles. The maximum Gasteiger partial charge on any atom is 0.263 e. The molecule has 0 spiro atoms. The molecule has 2 rings (SSSR count). The molecular formula is C12H9Br2ClN2O2S. The Labute approximate surface area is 138 Å². The van der Waals surface area contributed by atoms with Crippen LogP contribution in [0.3, 0.4) is 0 Å². The molecule has 0 aliphatic heterocycles. The Morgan fingerprint density at radius 1 is 1.10 bits per heavy atom. The molecule has 0 unspecified atom stereocenters. The van der Waals surface area contributed by atoms with E-state index in [9.17, 15) is 8.42 Å². The zero-order chi connectivity index (χ0) is 14.9. The highest BCUT2D eigenvalue weighted by molar-refractivity contribution is 9.11. The molecule has 8 heteroatoms. The molecular weight excluding hydrogens is 431 g/mol. The lowest BCUT2D eigenvalue weighted by Gasteiger charge is -2.11. The Morgan fingerprint density at radius 2 is 1.80 bits per heavy atom. The molecule has 0 aliphatic carbocycles. The highest BCUT2D eigenvalue weighted by Crippen LogP contribution is 2.30. The zero-order valence-electron chi connectivity index (χ0n) is 9.90. The van der Waals surface area contributed by atoms with E-state index < -0.39 is 10.0 Å². The smallest absolute Gasteiger partial charge is 0.263 e. The molecule has 0 saturated carbocycles. The van der Waals surface area contributed by atoms with E-state index in [1.54, 1.807) is 18.2 Å². The van der Waals surface area contributed by atoms with Gasteiger partial charge in [-0.1, -0.05) is 27.5 Å². The fourth-order valence-electron chi connectivity index (χ4n) is 1.51. The van der Waals surface area contributed by atoms with Crippen LogP contribution in [0, 0.1) is 0 Å². The van der Waals surface area contributed by atoms with E-state index in [0.29, 0.717) is 15.8 Å². The van der Waals surface area contributed by atoms with Crippen LogP contribution in [0.2, 0.25) is 5.02 Å². The van der Waals surface area contributed by atoms with Crippen molar-refractivity contribution in [2.45, 2.75) is 4.90 Å². The summed E-state index contributed by atoms with van der Waals surface area (Å²) in [7, 11) is -3.79. The van der Waals surface area contributed by atoms with Gasteiger partial charge in [0.05, 0.1) is 10.7 Å². The standard InChI is InChI=1S/C12H9Br2ClN2O2S/c13-7-1-3-9(14)11(5-7)17-20(18,19)12-4-2-8(16)6-10(12)15/h1-6,17H,16H2. The van der Waals surface area contributed by atoms with E-state index in [2.05, 4.69) is 36.6 Å². The maximum absolute atomic E-state index is 12.3. The quantitative estimate of drug-likeness (QED) is 0.701. The minimum absolute atomic E-state index is 0.0276. The van der Waals surface area contributed by atoms with Crippen LogP contribution in [0.15, 0.2) is 50.2 Å². The molecule has 0 radical (unpaired) electrons. The van der Waals surface area contributed by atoms with Gasteiger partial charge in [0.15, 0.2) is 0 Å². The second-order valence-electron chi connectivity index (χ2n) is 3.92. The molecule has 4 nitrogen and oxygen atoms in total. The molecule has 3 N–H and O–H groups in total. The minimum atomic E-state index is -3.79. The van der Waals surface area contributed by atoms with E-state index in [4.69, 9.17) is 17.3 Å². The average molecular weight is 441 g/mol. The monoisotopic (exact) mass is 438 g/mol. The van der Waals surface area contributed by atoms with Gasteiger partial charge in [-0.05, 0) is 52.3 Å². The number of nitrogen functional groups attached to an aromatic ring is 1. The number of anilines is 2. The van der Waals surface area contributed by atoms with Crippen LogP contribution in [0.1, 0.15) is 0 Å². The third-order valence-electron chi connectivity index (χ3n) is 2.42. The van der Waals surface area contributed by atoms with E-state index in [1.807, 2.05) is 0 Å². The Kier molecular flexibility index (Phi) is 4.63. The summed E-state index contributed by atoms with van der Waals surface area (Å²) in [5.41, 5.74) is 6.36. The molecule has 0 aliphatic rings. The van der Waals surface area contributed by atoms with Crippen molar-refractivity contribution >= 4 is 64.9 Å². The van der Waals surface area contributed by atoms with Crippen LogP contribution >= 0.6 is 43.5 Å². The molecule has 0 amide bonds. The molecule has 0 fully saturated rings. The van der Waals surface area contributed by atoms with Crippen LogP contribution in [-0.4, -0.2) is 8.42 Å². The van der Waals surface area contributed by atoms with Gasteiger partial charge in [0.1, 0.15) is 4.90 Å². The van der Waals surface area contributed by atoms with Gasteiger partial charge in [-0.2, -0.15) is 0 Å². The Balaban J connectivity index is 2.43. The second kappa shape index (κ2) is 5.93. The van der Waals surface area contributed by atoms with Gasteiger partial charge in [-0.15, -0.1) is 0 Å². The summed E-state index contributed by atoms with van der Waals surface area (Å²) in [4.78, 5) is -0.0276. The van der Waals surface area contributed by atoms with Crippen molar-refractivity contribution in [2.24, 2.45) is 0 Å². The predicted molar refractivity (Wildman–Crippen MR) is 88.5 cm³/mol. The molecule has 2 aromatic carbocycles. The first-order valence-corrected chi connectivity index (χ1v) is 8.77. The summed E-state index contributed by atoms with van der Waals surface area (Å²) in [5, 5.41) is 0.0728. The SMILES string of the molecule is Nc1ccc(S(=O)(=O)Nc2cc(Br)ccc2Br)c(Cl)c1. The van der Waals surface area contributed by atoms with E-state index in [1.165, 1.54) is 18.2 Å². The molecule has 0 aromatic heterocycles. The number of halogens is 3. The van der Waals surface area contributed by atoms with Gasteiger partial charge < -0.3 is 5.73 Å². The first-order valence-electron chi connectivity index (χ1n) is 5.32. The van der Waals surface area contributed by atoms with Crippen molar-refractivity contribution in [3.8, 4) is 0 Å². The van der Waals surface area contributed by atoms with E-state index in [0.717, 1.165) is 4.47 Å². The van der Waals surface area contributed by atoms with Gasteiger partial charge in [0.25, 0.3) is 10.0 Å². The van der Waals surface area contributed by atoms with Gasteiger partial charge in [0, 0.05) is 14.6 Å². The summed E-state index contributed by atoms with van der Waals surface area (Å²) in [6.07, 6.45) is 0. The van der Waals surface area contributed by atoms with Gasteiger partial charge in [-0.3, -0.25) is 4.72 Å². The highest BCUT2D eigenvalue weighted by Gasteiger charge is 2.19. The lowest BCUT2D eigenvalue weighted by molar-refractivity contribution is 0.601. The van der Waals surface area contributed by atoms with Gasteiger partial charge in [0.2, 0.25) is 0 Å². The van der Waals surface area contributed by atoms with Crippen LogP contribution in [-0.2, 0) is 10.0 Å². The molecule has 20 heavy (non-hydrogen) atoms. The van der Waals surface area contributed by atoms with Crippen LogP contribution in [0.25, 0.3) is 0 Å². The minimum Gasteiger partial charge on any atom is -0.399 e. The van der Waals surface area contributed by atoms with Crippen molar-refractivity contribution < 1.29 is 8.42 Å². The number of nitrogens with two attached hydrogens (primary N) is 1. The number of hydrogen-bond donors (Lipinski definition) is 2. The Morgan fingerprint density at radius 3 is 2.45 bits per heavy atom. The highest BCUT2D eigenvalue weighted by atomic mass is 79.9. The fourth-order valence-corrected chi connectivity index (χ4v) is 3.97. The van der Waals surface area contributed by atoms with Crippen LogP contribution in [0.5, 0.6) is 0 Å². The van der Waals surface area contributed by atoms with Crippen molar-refractivity contribution in [3.63, 3.8) is 0 Å². The summed E-state index contributed by atoms with van der Waals surface area (Å²) in [6.45, 7) is 0. The predicted octanol–water partition coefficient (Wildman–Crippen LogP) is 4.25. The first-order chi connectivity index (χ1) is 9.29. The third kappa shape index (κ3) is 3.46. The lowest BCUT2D eigenvalue weighted by atomic mass is 10.3. The summed E-state index contributed by atoms with van der Waals surface area (Å²) < 4.78 is 28.5. The average Bonchev–Trinajstić information content (AvgIpc) is 2.33. The number of sulfonamides is 1. The van der Waals surface area contributed by atoms with Gasteiger partial charge >= 0.3 is 0 Å². The van der Waals surface area contributed by atoms with Crippen molar-refractivity contribution in [1.82, 2.24) is 0 Å². The topological polar surface area (TPSA) is 72.2 Å². The van der Waals surface area contributed by atoms with Gasteiger partial charge in [-0.25, -0.2) is 8.42 Å². The number of nitrogens with one attached hydrogen (secondary N) is 1. The fraction of sp³-hybridized carbons (Fsp3) is 0. The Bertz CT molecular complexity index is 766. The summed E-state index contributed by atoms with van der Waals surface area (Å²) in [5.74, 6) is 0. The maximum atomic E-state index is 12.3. The van der Waals surface area contributed by atoms with Crippen molar-refractivity contribution in [3.05, 3.63) is 50.4 Å². The first kappa shape index (κ1) is 15.6. The summed E-state index contributed by atoms with van der Waals surface area (Å²) >= 11 is 12.5. The molecule has 0 bridgehead atoms. The number of hydrogen-bond acceptors (Lipinski definition) is 3. The molecule has 0 atom stereocenters. The van der Waals surface area contributed by atoms with E-state index >= 15 is 0 Å². The zero-order valence-corrected chi connectivity index (χ0v) is 14.6. The van der Waals surface area contributed by atoms with Crippen molar-refractivity contribution in [1.29, 1.82) is 0 Å². The Hall–Kier alpha value is -0.760. The normalized spacial score (nSPS) is 11.3. The molecule has 0 saturated heterocycles. The second-order valence-corrected chi connectivity index (χ2v) is 7.75. The molecule has 106 valence electrons. The summed E-state index contributed by atoms with van der Waals surface area (Å²) in [6, 6.07) is 9.41. The largest absolute Gasteiger partial charge is 0.399 e. The van der Waals surface area contributed by atoms with Crippen LogP contribution < -0.4 is 10.5 Å².